The number of nitrogens with zero attached hydrogens (tertiary/aromatic N) is 1. The van der Waals surface area contributed by atoms with Crippen LogP contribution in [0.2, 0.25) is 0 Å². The lowest BCUT2D eigenvalue weighted by Crippen LogP contribution is -2.34. The molecule has 0 fully saturated rings. The van der Waals surface area contributed by atoms with Crippen LogP contribution in [0.15, 0.2) is 18.2 Å². The molecular weight excluding hydrogens is 470 g/mol. The Labute approximate surface area is 210 Å². The molecule has 0 aromatic heterocycles. The van der Waals surface area contributed by atoms with Crippen LogP contribution in [-0.2, 0) is 35.2 Å². The van der Waals surface area contributed by atoms with Crippen LogP contribution in [-0.4, -0.2) is 87.5 Å². The summed E-state index contributed by atoms with van der Waals surface area (Å²) >= 11 is 0. The van der Waals surface area contributed by atoms with Gasteiger partial charge in [-0.3, -0.25) is 29.3 Å². The summed E-state index contributed by atoms with van der Waals surface area (Å²) in [4.78, 5) is 59.0. The third-order valence-electron chi connectivity index (χ3n) is 5.61. The minimum Gasteiger partial charge on any atom is -0.378 e. The van der Waals surface area contributed by atoms with Gasteiger partial charge in [-0.15, -0.1) is 0 Å². The molecular formula is C24H35N5O7. The maximum atomic E-state index is 12.9. The molecule has 0 spiro atoms. The van der Waals surface area contributed by atoms with Gasteiger partial charge >= 0.3 is 0 Å². The van der Waals surface area contributed by atoms with Crippen LogP contribution in [0.1, 0.15) is 42.1 Å². The SMILES string of the molecule is CC(CCC(=O)NC=O)N1Cc2c(NC(=O)CCNCCOCCOCCNC=O)cccc2C1=O. The van der Waals surface area contributed by atoms with E-state index >= 15 is 0 Å². The minimum atomic E-state index is -0.386. The second-order valence-electron chi connectivity index (χ2n) is 8.18. The maximum absolute atomic E-state index is 12.9. The second-order valence-corrected chi connectivity index (χ2v) is 8.18. The van der Waals surface area contributed by atoms with Crippen LogP contribution in [0, 0.1) is 0 Å². The first-order valence-electron chi connectivity index (χ1n) is 12.0. The average Bonchev–Trinajstić information content (AvgIpc) is 3.21. The zero-order valence-electron chi connectivity index (χ0n) is 20.5. The van der Waals surface area contributed by atoms with Crippen molar-refractivity contribution in [2.75, 3.05) is 51.4 Å². The lowest BCUT2D eigenvalue weighted by Gasteiger charge is -2.24. The van der Waals surface area contributed by atoms with Crippen molar-refractivity contribution >= 4 is 36.2 Å². The summed E-state index contributed by atoms with van der Waals surface area (Å²) in [5.41, 5.74) is 1.90. The Kier molecular flexibility index (Phi) is 13.1. The van der Waals surface area contributed by atoms with Gasteiger partial charge < -0.3 is 30.3 Å². The number of amides is 5. The Morgan fingerprint density at radius 1 is 1.00 bits per heavy atom. The van der Waals surface area contributed by atoms with Gasteiger partial charge in [0.05, 0.1) is 26.4 Å². The number of carbonyl (C=O) groups is 5. The fourth-order valence-corrected chi connectivity index (χ4v) is 3.66. The van der Waals surface area contributed by atoms with Gasteiger partial charge in [-0.2, -0.15) is 0 Å². The first-order chi connectivity index (χ1) is 17.5. The maximum Gasteiger partial charge on any atom is 0.254 e. The number of hydrogen-bond acceptors (Lipinski definition) is 8. The van der Waals surface area contributed by atoms with Gasteiger partial charge in [-0.1, -0.05) is 6.07 Å². The van der Waals surface area contributed by atoms with Crippen molar-refractivity contribution in [1.82, 2.24) is 20.9 Å². The molecule has 1 unspecified atom stereocenters. The molecule has 1 atom stereocenters. The Balaban J connectivity index is 1.68. The summed E-state index contributed by atoms with van der Waals surface area (Å²) in [6, 6.07) is 5.03. The number of anilines is 1. The van der Waals surface area contributed by atoms with E-state index in [1.807, 2.05) is 6.92 Å². The number of benzene rings is 1. The van der Waals surface area contributed by atoms with Crippen LogP contribution in [0.5, 0.6) is 0 Å². The summed E-state index contributed by atoms with van der Waals surface area (Å²) in [6.07, 6.45) is 1.78. The van der Waals surface area contributed by atoms with E-state index in [9.17, 15) is 24.0 Å². The number of hydrogen-bond donors (Lipinski definition) is 4. The van der Waals surface area contributed by atoms with E-state index in [1.165, 1.54) is 0 Å². The highest BCUT2D eigenvalue weighted by Crippen LogP contribution is 2.31. The lowest BCUT2D eigenvalue weighted by molar-refractivity contribution is -0.125. The number of carbonyl (C=O) groups excluding carboxylic acids is 5. The highest BCUT2D eigenvalue weighted by Gasteiger charge is 2.32. The number of fused-ring (bicyclic) bond motifs is 1. The van der Waals surface area contributed by atoms with Crippen LogP contribution in [0.3, 0.4) is 0 Å². The van der Waals surface area contributed by atoms with Crippen LogP contribution < -0.4 is 21.3 Å². The van der Waals surface area contributed by atoms with Gasteiger partial charge in [0.15, 0.2) is 0 Å². The van der Waals surface area contributed by atoms with E-state index < -0.39 is 0 Å². The van der Waals surface area contributed by atoms with E-state index in [-0.39, 0.29) is 36.6 Å². The van der Waals surface area contributed by atoms with E-state index in [0.717, 1.165) is 5.56 Å². The monoisotopic (exact) mass is 505 g/mol. The van der Waals surface area contributed by atoms with E-state index in [0.29, 0.717) is 83.1 Å². The normalized spacial score (nSPS) is 13.1. The molecule has 0 saturated heterocycles. The van der Waals surface area contributed by atoms with Gasteiger partial charge in [-0.25, -0.2) is 0 Å². The van der Waals surface area contributed by atoms with Gasteiger partial charge in [-0.05, 0) is 25.5 Å². The van der Waals surface area contributed by atoms with Crippen molar-refractivity contribution < 1.29 is 33.4 Å². The zero-order valence-corrected chi connectivity index (χ0v) is 20.5. The molecule has 12 nitrogen and oxygen atoms in total. The molecule has 1 aliphatic rings. The third-order valence-corrected chi connectivity index (χ3v) is 5.61. The van der Waals surface area contributed by atoms with Crippen molar-refractivity contribution in [3.8, 4) is 0 Å². The first-order valence-corrected chi connectivity index (χ1v) is 12.0. The molecule has 1 aromatic rings. The average molecular weight is 506 g/mol. The number of rotatable bonds is 19. The molecule has 0 aliphatic carbocycles. The molecule has 0 bridgehead atoms. The van der Waals surface area contributed by atoms with E-state index in [1.54, 1.807) is 23.1 Å². The highest BCUT2D eigenvalue weighted by atomic mass is 16.5. The first kappa shape index (κ1) is 28.9. The fourth-order valence-electron chi connectivity index (χ4n) is 3.66. The molecule has 1 heterocycles. The predicted octanol–water partition coefficient (Wildman–Crippen LogP) is -0.219. The topological polar surface area (TPSA) is 155 Å². The van der Waals surface area contributed by atoms with Crippen LogP contribution in [0.25, 0.3) is 0 Å². The summed E-state index contributed by atoms with van der Waals surface area (Å²) in [7, 11) is 0. The standard InChI is InChI=1S/C24H35N5O7/c1-18(5-6-22(32)27-17-31)29-15-20-19(24(29)34)3-2-4-21(20)28-23(33)7-8-25-9-11-35-13-14-36-12-10-26-16-30/h2-4,16-18,25H,5-15H2,1H3,(H,26,30)(H,28,33)(H,27,31,32). The molecule has 1 aromatic carbocycles. The van der Waals surface area contributed by atoms with Crippen LogP contribution in [0.4, 0.5) is 5.69 Å². The third kappa shape index (κ3) is 9.72. The zero-order chi connectivity index (χ0) is 26.2. The largest absolute Gasteiger partial charge is 0.378 e. The van der Waals surface area contributed by atoms with Gasteiger partial charge in [0.2, 0.25) is 24.6 Å². The molecule has 4 N–H and O–H groups in total. The Hall–Kier alpha value is -3.35. The predicted molar refractivity (Wildman–Crippen MR) is 131 cm³/mol. The van der Waals surface area contributed by atoms with E-state index in [4.69, 9.17) is 9.47 Å². The number of ether oxygens (including phenoxy) is 2. The lowest BCUT2D eigenvalue weighted by atomic mass is 10.1. The molecule has 0 saturated carbocycles. The summed E-state index contributed by atoms with van der Waals surface area (Å²) < 4.78 is 10.7. The van der Waals surface area contributed by atoms with Gasteiger partial charge in [0.1, 0.15) is 0 Å². The quantitative estimate of drug-likeness (QED) is 0.149. The van der Waals surface area contributed by atoms with Crippen molar-refractivity contribution in [2.24, 2.45) is 0 Å². The number of nitrogens with one attached hydrogen (secondary N) is 4. The Morgan fingerprint density at radius 3 is 2.47 bits per heavy atom. The molecule has 2 rings (SSSR count). The summed E-state index contributed by atoms with van der Waals surface area (Å²) in [5, 5.41) is 10.6. The smallest absolute Gasteiger partial charge is 0.254 e. The molecule has 198 valence electrons. The molecule has 1 aliphatic heterocycles. The number of imide groups is 1. The molecule has 0 radical (unpaired) electrons. The van der Waals surface area contributed by atoms with Crippen molar-refractivity contribution in [2.45, 2.75) is 38.8 Å². The molecule has 12 heteroatoms. The van der Waals surface area contributed by atoms with Gasteiger partial charge in [0.25, 0.3) is 5.91 Å². The summed E-state index contributed by atoms with van der Waals surface area (Å²) in [5.74, 6) is -0.698. The molecule has 36 heavy (non-hydrogen) atoms. The highest BCUT2D eigenvalue weighted by molar-refractivity contribution is 6.02. The van der Waals surface area contributed by atoms with Crippen molar-refractivity contribution in [1.29, 1.82) is 0 Å². The van der Waals surface area contributed by atoms with Crippen LogP contribution >= 0.6 is 0 Å². The van der Waals surface area contributed by atoms with Crippen molar-refractivity contribution in [3.05, 3.63) is 29.3 Å². The second kappa shape index (κ2) is 16.3. The van der Waals surface area contributed by atoms with Gasteiger partial charge in [0, 0.05) is 61.9 Å². The minimum absolute atomic E-state index is 0.135. The Bertz CT molecular complexity index is 896. The van der Waals surface area contributed by atoms with Crippen molar-refractivity contribution in [3.63, 3.8) is 0 Å². The summed E-state index contributed by atoms with van der Waals surface area (Å²) in [6.45, 7) is 5.54. The molecule has 5 amide bonds. The Morgan fingerprint density at radius 2 is 1.75 bits per heavy atom. The van der Waals surface area contributed by atoms with E-state index in [2.05, 4.69) is 21.3 Å². The fraction of sp³-hybridized carbons (Fsp3) is 0.542.